The van der Waals surface area contributed by atoms with Crippen molar-refractivity contribution >= 4 is 58.8 Å². The van der Waals surface area contributed by atoms with Crippen LogP contribution in [0.4, 0.5) is 0 Å². The number of nitrogens with one attached hydrogen (secondary N) is 1. The van der Waals surface area contributed by atoms with Crippen molar-refractivity contribution in [2.45, 2.75) is 4.58 Å². The van der Waals surface area contributed by atoms with Gasteiger partial charge in [-0.05, 0) is 48.0 Å². The van der Waals surface area contributed by atoms with Crippen molar-refractivity contribution in [3.8, 4) is 17.1 Å². The Labute approximate surface area is 198 Å². The van der Waals surface area contributed by atoms with Crippen molar-refractivity contribution in [1.29, 1.82) is 0 Å². The summed E-state index contributed by atoms with van der Waals surface area (Å²) < 4.78 is 11.7. The van der Waals surface area contributed by atoms with Crippen LogP contribution in [0.5, 0.6) is 5.75 Å². The molecule has 0 aliphatic carbocycles. The highest BCUT2D eigenvalue weighted by Crippen LogP contribution is 2.45. The number of carbonyl (C=O) groups excluding carboxylic acids is 1. The Balaban J connectivity index is 1.26. The van der Waals surface area contributed by atoms with Crippen molar-refractivity contribution in [2.24, 2.45) is 5.10 Å². The maximum absolute atomic E-state index is 12.0. The Bertz CT molecular complexity index is 1080. The Morgan fingerprint density at radius 2 is 1.90 bits per heavy atom. The van der Waals surface area contributed by atoms with Gasteiger partial charge in [0, 0.05) is 22.1 Å². The summed E-state index contributed by atoms with van der Waals surface area (Å²) in [6.45, 7) is -0.134. The maximum atomic E-state index is 12.0. The number of hydrogen-bond acceptors (Lipinski definition) is 6. The number of benzene rings is 2. The van der Waals surface area contributed by atoms with Crippen LogP contribution < -0.4 is 10.2 Å². The Kier molecular flexibility index (Phi) is 7.50. The van der Waals surface area contributed by atoms with Crippen LogP contribution in [0, 0.1) is 0 Å². The second kappa shape index (κ2) is 10.5. The maximum Gasteiger partial charge on any atom is 0.277 e. The van der Waals surface area contributed by atoms with Crippen molar-refractivity contribution in [3.05, 3.63) is 76.0 Å². The zero-order valence-electron chi connectivity index (χ0n) is 16.2. The molecule has 0 bridgehead atoms. The molecule has 4 rings (SSSR count). The fraction of sp³-hybridized carbons (Fsp3) is 0.182. The first kappa shape index (κ1) is 22.1. The second-order valence-corrected chi connectivity index (χ2v) is 10.1. The number of halogens is 2. The highest BCUT2D eigenvalue weighted by molar-refractivity contribution is 8.19. The lowest BCUT2D eigenvalue weighted by molar-refractivity contribution is -0.123. The summed E-state index contributed by atoms with van der Waals surface area (Å²) in [5, 5.41) is 4.99. The topological polar surface area (TPSA) is 63.8 Å². The van der Waals surface area contributed by atoms with E-state index in [0.717, 1.165) is 0 Å². The van der Waals surface area contributed by atoms with Crippen molar-refractivity contribution < 1.29 is 13.9 Å². The molecule has 5 nitrogen and oxygen atoms in total. The van der Waals surface area contributed by atoms with E-state index in [2.05, 4.69) is 10.5 Å². The average Bonchev–Trinajstić information content (AvgIpc) is 3.47. The van der Waals surface area contributed by atoms with Crippen molar-refractivity contribution in [1.82, 2.24) is 5.43 Å². The number of amides is 1. The fourth-order valence-corrected chi connectivity index (χ4v) is 6.12. The number of nitrogens with zero attached hydrogens (tertiary/aromatic N) is 1. The van der Waals surface area contributed by atoms with E-state index in [1.165, 1.54) is 23.3 Å². The molecule has 0 spiro atoms. The van der Waals surface area contributed by atoms with E-state index in [9.17, 15) is 4.79 Å². The van der Waals surface area contributed by atoms with Crippen LogP contribution in [0.25, 0.3) is 11.3 Å². The normalized spacial score (nSPS) is 14.3. The zero-order valence-corrected chi connectivity index (χ0v) is 19.4. The molecule has 1 fully saturated rings. The third-order valence-electron chi connectivity index (χ3n) is 4.35. The molecule has 1 aliphatic heterocycles. The summed E-state index contributed by atoms with van der Waals surface area (Å²) in [6.07, 6.45) is 1.41. The number of ether oxygens (including phenoxy) is 1. The van der Waals surface area contributed by atoms with Gasteiger partial charge >= 0.3 is 0 Å². The molecule has 2 heterocycles. The SMILES string of the molecule is O=C(COc1ccc(C2SCCS2)cc1)N/N=C\c1ccc(-c2cc(Cl)ccc2Cl)o1. The lowest BCUT2D eigenvalue weighted by Crippen LogP contribution is -2.24. The summed E-state index contributed by atoms with van der Waals surface area (Å²) in [7, 11) is 0. The van der Waals surface area contributed by atoms with E-state index in [4.69, 9.17) is 32.4 Å². The smallest absolute Gasteiger partial charge is 0.277 e. The molecule has 0 saturated carbocycles. The standard InChI is InChI=1S/C22H18Cl2N2O3S2/c23-15-3-7-19(24)18(11-15)20-8-6-17(29-20)12-25-26-21(27)13-28-16-4-1-14(2-5-16)22-30-9-10-31-22/h1-8,11-12,22H,9-10,13H2,(H,26,27)/b25-12-. The molecule has 1 aliphatic rings. The number of furan rings is 1. The summed E-state index contributed by atoms with van der Waals surface area (Å²) in [4.78, 5) is 12.0. The molecular weight excluding hydrogens is 475 g/mol. The van der Waals surface area contributed by atoms with Gasteiger partial charge < -0.3 is 9.15 Å². The predicted octanol–water partition coefficient (Wildman–Crippen LogP) is 6.26. The third kappa shape index (κ3) is 6.01. The molecule has 31 heavy (non-hydrogen) atoms. The first-order chi connectivity index (χ1) is 15.1. The molecule has 160 valence electrons. The number of carbonyl (C=O) groups is 1. The lowest BCUT2D eigenvalue weighted by atomic mass is 10.2. The van der Waals surface area contributed by atoms with Gasteiger partial charge in [-0.3, -0.25) is 4.79 Å². The molecule has 9 heteroatoms. The molecule has 0 radical (unpaired) electrons. The van der Waals surface area contributed by atoms with E-state index in [1.54, 1.807) is 30.3 Å². The third-order valence-corrected chi connectivity index (χ3v) is 8.01. The van der Waals surface area contributed by atoms with Gasteiger partial charge in [0.15, 0.2) is 6.61 Å². The molecule has 3 aromatic rings. The van der Waals surface area contributed by atoms with Gasteiger partial charge in [-0.25, -0.2) is 5.43 Å². The summed E-state index contributed by atoms with van der Waals surface area (Å²) in [5.41, 5.74) is 4.37. The molecule has 2 aromatic carbocycles. The first-order valence-corrected chi connectivity index (χ1v) is 12.3. The lowest BCUT2D eigenvalue weighted by Gasteiger charge is -2.09. The van der Waals surface area contributed by atoms with E-state index < -0.39 is 0 Å². The minimum absolute atomic E-state index is 0.134. The van der Waals surface area contributed by atoms with E-state index in [0.29, 0.717) is 37.5 Å². The summed E-state index contributed by atoms with van der Waals surface area (Å²) in [5.74, 6) is 3.66. The van der Waals surface area contributed by atoms with Gasteiger partial charge in [-0.2, -0.15) is 5.10 Å². The molecule has 1 N–H and O–H groups in total. The van der Waals surface area contributed by atoms with Crippen LogP contribution in [0.15, 0.2) is 64.1 Å². The fourth-order valence-electron chi connectivity index (χ4n) is 2.87. The minimum atomic E-state index is -0.369. The van der Waals surface area contributed by atoms with Crippen LogP contribution in [0.1, 0.15) is 15.9 Å². The quantitative estimate of drug-likeness (QED) is 0.311. The van der Waals surface area contributed by atoms with Crippen LogP contribution in [0.2, 0.25) is 10.0 Å². The number of thioether (sulfide) groups is 2. The van der Waals surface area contributed by atoms with Crippen molar-refractivity contribution in [3.63, 3.8) is 0 Å². The van der Waals surface area contributed by atoms with Gasteiger partial charge in [0.05, 0.1) is 15.8 Å². The number of hydrazone groups is 1. The van der Waals surface area contributed by atoms with E-state index in [-0.39, 0.29) is 12.5 Å². The molecule has 1 saturated heterocycles. The average molecular weight is 493 g/mol. The Morgan fingerprint density at radius 3 is 2.68 bits per heavy atom. The molecule has 0 atom stereocenters. The largest absolute Gasteiger partial charge is 0.484 e. The van der Waals surface area contributed by atoms with Crippen LogP contribution in [-0.4, -0.2) is 30.2 Å². The monoisotopic (exact) mass is 492 g/mol. The molecule has 1 amide bonds. The Morgan fingerprint density at radius 1 is 1.13 bits per heavy atom. The highest BCUT2D eigenvalue weighted by Gasteiger charge is 2.18. The van der Waals surface area contributed by atoms with Crippen molar-refractivity contribution in [2.75, 3.05) is 18.1 Å². The molecule has 1 aromatic heterocycles. The number of hydrogen-bond donors (Lipinski definition) is 1. The van der Waals surface area contributed by atoms with Gasteiger partial charge in [-0.15, -0.1) is 23.5 Å². The van der Waals surface area contributed by atoms with Gasteiger partial charge in [-0.1, -0.05) is 35.3 Å². The Hall–Kier alpha value is -2.06. The summed E-state index contributed by atoms with van der Waals surface area (Å²) >= 11 is 16.1. The van der Waals surface area contributed by atoms with Gasteiger partial charge in [0.1, 0.15) is 17.3 Å². The zero-order chi connectivity index (χ0) is 21.6. The minimum Gasteiger partial charge on any atom is -0.484 e. The van der Waals surface area contributed by atoms with Crippen LogP contribution in [-0.2, 0) is 4.79 Å². The van der Waals surface area contributed by atoms with Gasteiger partial charge in [0.2, 0.25) is 0 Å². The first-order valence-electron chi connectivity index (χ1n) is 9.41. The van der Waals surface area contributed by atoms with E-state index >= 15 is 0 Å². The number of rotatable bonds is 7. The molecule has 0 unspecified atom stereocenters. The van der Waals surface area contributed by atoms with Crippen LogP contribution >= 0.6 is 46.7 Å². The van der Waals surface area contributed by atoms with Crippen LogP contribution in [0.3, 0.4) is 0 Å². The predicted molar refractivity (Wildman–Crippen MR) is 129 cm³/mol. The summed E-state index contributed by atoms with van der Waals surface area (Å²) in [6, 6.07) is 16.5. The highest BCUT2D eigenvalue weighted by atomic mass is 35.5. The van der Waals surface area contributed by atoms with E-state index in [1.807, 2.05) is 47.8 Å². The van der Waals surface area contributed by atoms with Gasteiger partial charge in [0.25, 0.3) is 5.91 Å². The molecular formula is C22H18Cl2N2O3S2. The second-order valence-electron chi connectivity index (χ2n) is 6.55.